The molecular formula is C40H25NOS. The van der Waals surface area contributed by atoms with Crippen molar-refractivity contribution in [3.05, 3.63) is 152 Å². The van der Waals surface area contributed by atoms with Gasteiger partial charge in [-0.1, -0.05) is 97.1 Å². The number of benzene rings is 7. The summed E-state index contributed by atoms with van der Waals surface area (Å²) in [5.74, 6) is 0. The Hall–Kier alpha value is -5.38. The van der Waals surface area contributed by atoms with E-state index >= 15 is 0 Å². The van der Waals surface area contributed by atoms with Gasteiger partial charge in [-0.3, -0.25) is 0 Å². The van der Waals surface area contributed by atoms with E-state index in [1.807, 2.05) is 23.5 Å². The van der Waals surface area contributed by atoms with Crippen LogP contribution in [0, 0.1) is 0 Å². The first-order valence-electron chi connectivity index (χ1n) is 14.5. The monoisotopic (exact) mass is 567 g/mol. The molecule has 0 aliphatic rings. The SMILES string of the molecule is c1ccc(N(c2ccc3ccccc3c2)c2cccc3sc4ccccc4c23)c(-c2ccc3oc4ccccc4c3c2)c1. The van der Waals surface area contributed by atoms with Gasteiger partial charge < -0.3 is 9.32 Å². The van der Waals surface area contributed by atoms with E-state index in [0.29, 0.717) is 0 Å². The van der Waals surface area contributed by atoms with Crippen LogP contribution >= 0.6 is 11.3 Å². The summed E-state index contributed by atoms with van der Waals surface area (Å²) in [5, 5.41) is 7.28. The van der Waals surface area contributed by atoms with Gasteiger partial charge in [-0.2, -0.15) is 0 Å². The number of thiophene rings is 1. The lowest BCUT2D eigenvalue weighted by Crippen LogP contribution is -2.11. The standard InChI is InChI=1S/C40H25NOS/c1-2-11-27-24-29(22-20-26(27)10-1)41(35-16-9-19-39-40(35)32-14-5-8-18-38(32)43-39)34-15-6-3-12-30(34)28-21-23-37-33(25-28)31-13-4-7-17-36(31)42-37/h1-25H. The second-order valence-electron chi connectivity index (χ2n) is 10.9. The summed E-state index contributed by atoms with van der Waals surface area (Å²) in [6.45, 7) is 0. The normalized spacial score (nSPS) is 11.7. The number of rotatable bonds is 4. The van der Waals surface area contributed by atoms with Crippen LogP contribution in [0.3, 0.4) is 0 Å². The number of hydrogen-bond donors (Lipinski definition) is 0. The minimum Gasteiger partial charge on any atom is -0.456 e. The van der Waals surface area contributed by atoms with Crippen LogP contribution in [0.15, 0.2) is 156 Å². The van der Waals surface area contributed by atoms with Crippen molar-refractivity contribution in [2.45, 2.75) is 0 Å². The van der Waals surface area contributed by atoms with Gasteiger partial charge >= 0.3 is 0 Å². The van der Waals surface area contributed by atoms with Gasteiger partial charge in [-0.15, -0.1) is 11.3 Å². The second kappa shape index (κ2) is 9.59. The quantitative estimate of drug-likeness (QED) is 0.210. The summed E-state index contributed by atoms with van der Waals surface area (Å²) in [5.41, 5.74) is 7.58. The number of fused-ring (bicyclic) bond motifs is 7. The van der Waals surface area contributed by atoms with Gasteiger partial charge in [0.15, 0.2) is 0 Å². The molecule has 3 heteroatoms. The zero-order chi connectivity index (χ0) is 28.3. The average Bonchev–Trinajstić information content (AvgIpc) is 3.63. The minimum absolute atomic E-state index is 0.906. The van der Waals surface area contributed by atoms with Crippen molar-refractivity contribution in [2.24, 2.45) is 0 Å². The Balaban J connectivity index is 1.34. The Morgan fingerprint density at radius 1 is 0.465 bits per heavy atom. The molecule has 0 fully saturated rings. The van der Waals surface area contributed by atoms with E-state index < -0.39 is 0 Å². The molecule has 0 unspecified atom stereocenters. The molecule has 202 valence electrons. The van der Waals surface area contributed by atoms with Crippen LogP contribution in [-0.2, 0) is 0 Å². The number of anilines is 3. The lowest BCUT2D eigenvalue weighted by atomic mass is 9.99. The molecule has 0 aliphatic heterocycles. The summed E-state index contributed by atoms with van der Waals surface area (Å²) in [6.07, 6.45) is 0. The first-order chi connectivity index (χ1) is 21.3. The minimum atomic E-state index is 0.906. The molecule has 0 amide bonds. The van der Waals surface area contributed by atoms with E-state index in [-0.39, 0.29) is 0 Å². The van der Waals surface area contributed by atoms with Crippen molar-refractivity contribution in [3.63, 3.8) is 0 Å². The third-order valence-corrected chi connectivity index (χ3v) is 9.58. The van der Waals surface area contributed by atoms with Crippen LogP contribution in [0.1, 0.15) is 0 Å². The fourth-order valence-electron chi connectivity index (χ4n) is 6.47. The molecule has 0 N–H and O–H groups in total. The second-order valence-corrected chi connectivity index (χ2v) is 12.0. The molecule has 0 saturated heterocycles. The van der Waals surface area contributed by atoms with Crippen molar-refractivity contribution in [1.29, 1.82) is 0 Å². The Labute approximate surface area is 252 Å². The van der Waals surface area contributed by atoms with E-state index in [1.165, 1.54) is 42.2 Å². The molecule has 0 bridgehead atoms. The Kier molecular flexibility index (Phi) is 5.40. The predicted octanol–water partition coefficient (Wildman–Crippen LogP) is 12.2. The van der Waals surface area contributed by atoms with E-state index in [2.05, 4.69) is 144 Å². The van der Waals surface area contributed by atoms with Crippen molar-refractivity contribution < 1.29 is 4.42 Å². The summed E-state index contributed by atoms with van der Waals surface area (Å²) < 4.78 is 8.76. The van der Waals surface area contributed by atoms with Gasteiger partial charge in [0, 0.05) is 42.2 Å². The summed E-state index contributed by atoms with van der Waals surface area (Å²) in [6, 6.07) is 54.4. The van der Waals surface area contributed by atoms with Gasteiger partial charge in [0.05, 0.1) is 11.4 Å². The Morgan fingerprint density at radius 2 is 1.19 bits per heavy atom. The van der Waals surface area contributed by atoms with Crippen LogP contribution in [0.25, 0.3) is 64.0 Å². The van der Waals surface area contributed by atoms with Crippen LogP contribution in [0.2, 0.25) is 0 Å². The number of nitrogens with zero attached hydrogens (tertiary/aromatic N) is 1. The fourth-order valence-corrected chi connectivity index (χ4v) is 7.60. The Bertz CT molecular complexity index is 2480. The maximum Gasteiger partial charge on any atom is 0.135 e. The van der Waals surface area contributed by atoms with Gasteiger partial charge in [0.1, 0.15) is 11.2 Å². The molecule has 0 atom stereocenters. The first-order valence-corrected chi connectivity index (χ1v) is 15.3. The molecule has 0 radical (unpaired) electrons. The third kappa shape index (κ3) is 3.86. The van der Waals surface area contributed by atoms with Gasteiger partial charge in [-0.05, 0) is 70.9 Å². The predicted molar refractivity (Wildman–Crippen MR) is 184 cm³/mol. The number of hydrogen-bond acceptors (Lipinski definition) is 3. The van der Waals surface area contributed by atoms with Crippen molar-refractivity contribution >= 4 is 81.3 Å². The molecule has 9 aromatic rings. The van der Waals surface area contributed by atoms with Crippen molar-refractivity contribution in [3.8, 4) is 11.1 Å². The molecule has 2 nitrogen and oxygen atoms in total. The summed E-state index contributed by atoms with van der Waals surface area (Å²) in [7, 11) is 0. The number of para-hydroxylation sites is 2. The molecule has 0 saturated carbocycles. The highest BCUT2D eigenvalue weighted by Crippen LogP contribution is 2.47. The molecule has 9 rings (SSSR count). The van der Waals surface area contributed by atoms with E-state index in [9.17, 15) is 0 Å². The molecule has 7 aromatic carbocycles. The van der Waals surface area contributed by atoms with Crippen LogP contribution in [-0.4, -0.2) is 0 Å². The largest absolute Gasteiger partial charge is 0.456 e. The summed E-state index contributed by atoms with van der Waals surface area (Å²) in [4.78, 5) is 2.45. The van der Waals surface area contributed by atoms with Crippen LogP contribution < -0.4 is 4.90 Å². The Morgan fingerprint density at radius 3 is 2.14 bits per heavy atom. The molecule has 2 heterocycles. The van der Waals surface area contributed by atoms with Crippen LogP contribution in [0.4, 0.5) is 17.1 Å². The molecular weight excluding hydrogens is 543 g/mol. The fraction of sp³-hybridized carbons (Fsp3) is 0. The topological polar surface area (TPSA) is 16.4 Å². The highest BCUT2D eigenvalue weighted by molar-refractivity contribution is 7.26. The lowest BCUT2D eigenvalue weighted by molar-refractivity contribution is 0.669. The van der Waals surface area contributed by atoms with E-state index in [4.69, 9.17) is 4.42 Å². The summed E-state index contributed by atoms with van der Waals surface area (Å²) >= 11 is 1.85. The van der Waals surface area contributed by atoms with E-state index in [1.54, 1.807) is 0 Å². The van der Waals surface area contributed by atoms with E-state index in [0.717, 1.165) is 38.9 Å². The first kappa shape index (κ1) is 24.2. The lowest BCUT2D eigenvalue weighted by Gasteiger charge is -2.29. The van der Waals surface area contributed by atoms with Crippen LogP contribution in [0.5, 0.6) is 0 Å². The maximum absolute atomic E-state index is 6.17. The molecule has 43 heavy (non-hydrogen) atoms. The van der Waals surface area contributed by atoms with Crippen molar-refractivity contribution in [2.75, 3.05) is 4.90 Å². The van der Waals surface area contributed by atoms with Gasteiger partial charge in [-0.25, -0.2) is 0 Å². The molecule has 0 aliphatic carbocycles. The molecule has 2 aromatic heterocycles. The van der Waals surface area contributed by atoms with Crippen molar-refractivity contribution in [1.82, 2.24) is 0 Å². The zero-order valence-corrected chi connectivity index (χ0v) is 24.0. The average molecular weight is 568 g/mol. The third-order valence-electron chi connectivity index (χ3n) is 8.45. The highest BCUT2D eigenvalue weighted by Gasteiger charge is 2.21. The zero-order valence-electron chi connectivity index (χ0n) is 23.2. The molecule has 0 spiro atoms. The highest BCUT2D eigenvalue weighted by atomic mass is 32.1. The smallest absolute Gasteiger partial charge is 0.135 e. The van der Waals surface area contributed by atoms with Gasteiger partial charge in [0.25, 0.3) is 0 Å². The van der Waals surface area contributed by atoms with Gasteiger partial charge in [0.2, 0.25) is 0 Å². The maximum atomic E-state index is 6.17. The number of furan rings is 1.